The van der Waals surface area contributed by atoms with Crippen molar-refractivity contribution in [3.05, 3.63) is 18.2 Å². The van der Waals surface area contributed by atoms with Gasteiger partial charge < -0.3 is 15.8 Å². The number of benzene rings is 1. The van der Waals surface area contributed by atoms with Gasteiger partial charge in [0.25, 0.3) is 0 Å². The van der Waals surface area contributed by atoms with E-state index in [0.29, 0.717) is 23.5 Å². The van der Waals surface area contributed by atoms with Gasteiger partial charge in [-0.2, -0.15) is 0 Å². The zero-order valence-corrected chi connectivity index (χ0v) is 11.2. The van der Waals surface area contributed by atoms with Crippen LogP contribution in [0.5, 0.6) is 5.75 Å². The van der Waals surface area contributed by atoms with Crippen LogP contribution in [0.4, 0.5) is 11.4 Å². The van der Waals surface area contributed by atoms with Gasteiger partial charge in [0.15, 0.2) is 0 Å². The third kappa shape index (κ3) is 4.65. The fourth-order valence-electron chi connectivity index (χ4n) is 1.75. The van der Waals surface area contributed by atoms with Crippen molar-refractivity contribution >= 4 is 17.3 Å². The number of hydrogen-bond donors (Lipinski definition) is 2. The molecule has 0 bridgehead atoms. The summed E-state index contributed by atoms with van der Waals surface area (Å²) < 4.78 is 5.17. The van der Waals surface area contributed by atoms with Gasteiger partial charge in [-0.3, -0.25) is 4.79 Å². The van der Waals surface area contributed by atoms with Crippen LogP contribution in [0.25, 0.3) is 0 Å². The molecule has 0 fully saturated rings. The van der Waals surface area contributed by atoms with Crippen molar-refractivity contribution in [2.75, 3.05) is 18.2 Å². The Morgan fingerprint density at radius 1 is 1.33 bits per heavy atom. The molecule has 1 rings (SSSR count). The molecule has 0 saturated carbocycles. The number of carbonyl (C=O) groups excluding carboxylic acids is 1. The quantitative estimate of drug-likeness (QED) is 0.577. The van der Waals surface area contributed by atoms with E-state index >= 15 is 0 Å². The lowest BCUT2D eigenvalue weighted by Crippen LogP contribution is -2.12. The van der Waals surface area contributed by atoms with Crippen LogP contribution in [0.1, 0.15) is 39.0 Å². The smallest absolute Gasteiger partial charge is 0.224 e. The van der Waals surface area contributed by atoms with Crippen molar-refractivity contribution < 1.29 is 9.53 Å². The number of amides is 1. The van der Waals surface area contributed by atoms with E-state index in [0.717, 1.165) is 12.8 Å². The number of unbranched alkanes of at least 4 members (excludes halogenated alkanes) is 3. The lowest BCUT2D eigenvalue weighted by Gasteiger charge is -2.10. The summed E-state index contributed by atoms with van der Waals surface area (Å²) in [5, 5.41) is 2.84. The van der Waals surface area contributed by atoms with Gasteiger partial charge in [-0.25, -0.2) is 0 Å². The first-order valence-electron chi connectivity index (χ1n) is 6.40. The molecule has 0 unspecified atom stereocenters. The first-order valence-corrected chi connectivity index (χ1v) is 6.40. The molecule has 0 saturated heterocycles. The van der Waals surface area contributed by atoms with Crippen LogP contribution >= 0.6 is 0 Å². The summed E-state index contributed by atoms with van der Waals surface area (Å²) in [5.74, 6) is 0.640. The van der Waals surface area contributed by atoms with E-state index in [9.17, 15) is 4.79 Å². The summed E-state index contributed by atoms with van der Waals surface area (Å²) >= 11 is 0. The Kier molecular flexibility index (Phi) is 6.05. The van der Waals surface area contributed by atoms with E-state index in [1.165, 1.54) is 12.8 Å². The van der Waals surface area contributed by atoms with Gasteiger partial charge in [0.2, 0.25) is 5.91 Å². The van der Waals surface area contributed by atoms with Crippen LogP contribution in [0.15, 0.2) is 18.2 Å². The highest BCUT2D eigenvalue weighted by atomic mass is 16.5. The molecule has 1 aromatic rings. The molecular weight excluding hydrogens is 228 g/mol. The number of methoxy groups -OCH3 is 1. The molecule has 0 aliphatic carbocycles. The molecule has 1 aromatic carbocycles. The third-order valence-electron chi connectivity index (χ3n) is 2.76. The van der Waals surface area contributed by atoms with Crippen molar-refractivity contribution in [2.45, 2.75) is 39.0 Å². The van der Waals surface area contributed by atoms with E-state index < -0.39 is 0 Å². The van der Waals surface area contributed by atoms with E-state index in [1.54, 1.807) is 25.3 Å². The number of ether oxygens (including phenoxy) is 1. The van der Waals surface area contributed by atoms with Crippen molar-refractivity contribution in [2.24, 2.45) is 0 Å². The summed E-state index contributed by atoms with van der Waals surface area (Å²) in [6, 6.07) is 5.21. The van der Waals surface area contributed by atoms with Gasteiger partial charge in [0.1, 0.15) is 5.75 Å². The Bertz CT molecular complexity index is 391. The van der Waals surface area contributed by atoms with Gasteiger partial charge in [-0.1, -0.05) is 26.2 Å². The van der Waals surface area contributed by atoms with E-state index in [2.05, 4.69) is 12.2 Å². The number of carbonyl (C=O) groups is 1. The molecule has 0 aromatic heterocycles. The standard InChI is InChI=1S/C14H22N2O2/c1-3-4-5-6-7-14(17)16-12-10-11(15)8-9-13(12)18-2/h8-10H,3-7,15H2,1-2H3,(H,16,17). The van der Waals surface area contributed by atoms with Gasteiger partial charge in [0.05, 0.1) is 12.8 Å². The molecule has 0 aliphatic heterocycles. The molecule has 3 N–H and O–H groups in total. The average molecular weight is 250 g/mol. The monoisotopic (exact) mass is 250 g/mol. The molecular formula is C14H22N2O2. The average Bonchev–Trinajstić information content (AvgIpc) is 2.35. The maximum Gasteiger partial charge on any atom is 0.224 e. The molecule has 0 aliphatic rings. The fraction of sp³-hybridized carbons (Fsp3) is 0.500. The van der Waals surface area contributed by atoms with Crippen molar-refractivity contribution in [1.29, 1.82) is 0 Å². The lowest BCUT2D eigenvalue weighted by molar-refractivity contribution is -0.116. The fourth-order valence-corrected chi connectivity index (χ4v) is 1.75. The highest BCUT2D eigenvalue weighted by Gasteiger charge is 2.07. The molecule has 0 radical (unpaired) electrons. The number of nitrogen functional groups attached to an aromatic ring is 1. The zero-order chi connectivity index (χ0) is 13.4. The molecule has 0 spiro atoms. The first-order chi connectivity index (χ1) is 8.67. The third-order valence-corrected chi connectivity index (χ3v) is 2.76. The van der Waals surface area contributed by atoms with Gasteiger partial charge in [-0.15, -0.1) is 0 Å². The van der Waals surface area contributed by atoms with Crippen LogP contribution in [0, 0.1) is 0 Å². The highest BCUT2D eigenvalue weighted by molar-refractivity contribution is 5.92. The van der Waals surface area contributed by atoms with Gasteiger partial charge in [0, 0.05) is 12.1 Å². The topological polar surface area (TPSA) is 64.4 Å². The Hall–Kier alpha value is -1.71. The van der Waals surface area contributed by atoms with Crippen molar-refractivity contribution in [3.8, 4) is 5.75 Å². The molecule has 18 heavy (non-hydrogen) atoms. The summed E-state index contributed by atoms with van der Waals surface area (Å²) in [6.45, 7) is 2.15. The Morgan fingerprint density at radius 3 is 2.78 bits per heavy atom. The highest BCUT2D eigenvalue weighted by Crippen LogP contribution is 2.26. The summed E-state index contributed by atoms with van der Waals surface area (Å²) in [4.78, 5) is 11.7. The van der Waals surface area contributed by atoms with Crippen LogP contribution in [0.3, 0.4) is 0 Å². The maximum atomic E-state index is 11.7. The lowest BCUT2D eigenvalue weighted by atomic mass is 10.1. The van der Waals surface area contributed by atoms with E-state index in [4.69, 9.17) is 10.5 Å². The first kappa shape index (κ1) is 14.4. The predicted molar refractivity (Wildman–Crippen MR) is 74.8 cm³/mol. The second kappa shape index (κ2) is 7.58. The zero-order valence-electron chi connectivity index (χ0n) is 11.2. The minimum atomic E-state index is 0.00926. The number of rotatable bonds is 7. The van der Waals surface area contributed by atoms with Crippen LogP contribution in [0.2, 0.25) is 0 Å². The van der Waals surface area contributed by atoms with E-state index in [1.807, 2.05) is 0 Å². The SMILES string of the molecule is CCCCCCC(=O)Nc1cc(N)ccc1OC. The van der Waals surface area contributed by atoms with Crippen LogP contribution in [-0.2, 0) is 4.79 Å². The van der Waals surface area contributed by atoms with Crippen LogP contribution < -0.4 is 15.8 Å². The number of nitrogens with two attached hydrogens (primary N) is 1. The Morgan fingerprint density at radius 2 is 2.11 bits per heavy atom. The molecule has 4 nitrogen and oxygen atoms in total. The second-order valence-electron chi connectivity index (χ2n) is 4.32. The summed E-state index contributed by atoms with van der Waals surface area (Å²) in [7, 11) is 1.57. The summed E-state index contributed by atoms with van der Waals surface area (Å²) in [6.07, 6.45) is 4.90. The number of anilines is 2. The minimum absolute atomic E-state index is 0.00926. The molecule has 1 amide bonds. The Labute approximate surface area is 109 Å². The predicted octanol–water partition coefficient (Wildman–Crippen LogP) is 3.19. The Balaban J connectivity index is 2.50. The normalized spacial score (nSPS) is 10.1. The van der Waals surface area contributed by atoms with Crippen molar-refractivity contribution in [1.82, 2.24) is 0 Å². The molecule has 0 atom stereocenters. The summed E-state index contributed by atoms with van der Waals surface area (Å²) in [5.41, 5.74) is 6.94. The largest absolute Gasteiger partial charge is 0.495 e. The maximum absolute atomic E-state index is 11.7. The second-order valence-corrected chi connectivity index (χ2v) is 4.32. The number of nitrogens with one attached hydrogen (secondary N) is 1. The van der Waals surface area contributed by atoms with E-state index in [-0.39, 0.29) is 5.91 Å². The minimum Gasteiger partial charge on any atom is -0.495 e. The number of hydrogen-bond acceptors (Lipinski definition) is 3. The molecule has 100 valence electrons. The van der Waals surface area contributed by atoms with Crippen LogP contribution in [-0.4, -0.2) is 13.0 Å². The molecule has 0 heterocycles. The van der Waals surface area contributed by atoms with Gasteiger partial charge in [-0.05, 0) is 24.6 Å². The van der Waals surface area contributed by atoms with Gasteiger partial charge >= 0.3 is 0 Å². The molecule has 4 heteroatoms. The van der Waals surface area contributed by atoms with Crippen molar-refractivity contribution in [3.63, 3.8) is 0 Å².